The highest BCUT2D eigenvalue weighted by Crippen LogP contribution is 2.51. The molecule has 1 aliphatic rings. The number of benzene rings is 9. The zero-order valence-corrected chi connectivity index (χ0v) is 33.3. The predicted molar refractivity (Wildman–Crippen MR) is 251 cm³/mol. The van der Waals surface area contributed by atoms with Crippen molar-refractivity contribution in [2.75, 3.05) is 4.90 Å². The van der Waals surface area contributed by atoms with Crippen molar-refractivity contribution in [1.82, 2.24) is 0 Å². The van der Waals surface area contributed by atoms with E-state index < -0.39 is 0 Å². The first-order valence-corrected chi connectivity index (χ1v) is 21.6. The summed E-state index contributed by atoms with van der Waals surface area (Å²) in [6.45, 7) is 0. The van der Waals surface area contributed by atoms with Crippen LogP contribution in [0.2, 0.25) is 0 Å². The number of hydrogen-bond donors (Lipinski definition) is 0. The van der Waals surface area contributed by atoms with Gasteiger partial charge in [0.1, 0.15) is 0 Å². The fourth-order valence-corrected chi connectivity index (χ4v) is 11.1. The van der Waals surface area contributed by atoms with E-state index in [9.17, 15) is 0 Å². The Morgan fingerprint density at radius 3 is 1.62 bits per heavy atom. The van der Waals surface area contributed by atoms with Crippen molar-refractivity contribution in [3.63, 3.8) is 0 Å². The van der Waals surface area contributed by atoms with Gasteiger partial charge in [0.05, 0.1) is 21.8 Å². The Morgan fingerprint density at radius 2 is 0.897 bits per heavy atom. The second-order valence-corrected chi connectivity index (χ2v) is 16.8. The van der Waals surface area contributed by atoms with Crippen LogP contribution < -0.4 is 4.90 Å². The lowest BCUT2D eigenvalue weighted by molar-refractivity contribution is 0.445. The van der Waals surface area contributed by atoms with Gasteiger partial charge in [-0.25, -0.2) is 0 Å². The molecule has 1 saturated carbocycles. The van der Waals surface area contributed by atoms with Crippen molar-refractivity contribution < 1.29 is 0 Å². The smallest absolute Gasteiger partial charge is 0.0640 e. The van der Waals surface area contributed by atoms with Crippen LogP contribution in [-0.4, -0.2) is 0 Å². The molecule has 1 aromatic heterocycles. The van der Waals surface area contributed by atoms with Gasteiger partial charge in [-0.05, 0) is 92.4 Å². The highest BCUT2D eigenvalue weighted by atomic mass is 32.1. The molecule has 0 atom stereocenters. The Bertz CT molecular complexity index is 3100. The van der Waals surface area contributed by atoms with Crippen LogP contribution in [0.4, 0.5) is 17.1 Å². The Kier molecular flexibility index (Phi) is 8.86. The third kappa shape index (κ3) is 5.90. The minimum absolute atomic E-state index is 0.583. The second kappa shape index (κ2) is 14.8. The molecule has 10 aromatic rings. The van der Waals surface area contributed by atoms with Crippen molar-refractivity contribution in [1.29, 1.82) is 0 Å². The van der Waals surface area contributed by atoms with E-state index in [1.165, 1.54) is 124 Å². The lowest BCUT2D eigenvalue weighted by atomic mass is 9.80. The summed E-state index contributed by atoms with van der Waals surface area (Å²) < 4.78 is 2.59. The quantitative estimate of drug-likeness (QED) is 0.156. The molecule has 2 heteroatoms. The Morgan fingerprint density at radius 1 is 0.379 bits per heavy atom. The number of fused-ring (bicyclic) bond motifs is 5. The van der Waals surface area contributed by atoms with E-state index in [0.717, 1.165) is 5.69 Å². The maximum atomic E-state index is 2.58. The van der Waals surface area contributed by atoms with E-state index >= 15 is 0 Å². The Labute approximate surface area is 344 Å². The number of anilines is 3. The standard InChI is InChI=1S/C56H43NS/c1-3-18-38(19-4-1)42-29-13-22-40-24-15-31-47(54(40)42)44-26-7-10-34-50(44)57(52-36-17-33-49-46-28-9-12-37-53(46)58-56(49)52)51-35-11-8-27-45(51)48-32-16-25-41-23-14-30-43(55(41)48)39-20-5-2-6-21-39/h1,3-4,7-19,22-37,39H,2,5-6,20-21H2. The molecule has 0 amide bonds. The van der Waals surface area contributed by atoms with Gasteiger partial charge in [-0.15, -0.1) is 11.3 Å². The fourth-order valence-electron chi connectivity index (χ4n) is 9.86. The largest absolute Gasteiger partial charge is 0.308 e. The number of para-hydroxylation sites is 2. The van der Waals surface area contributed by atoms with E-state index in [1.54, 1.807) is 0 Å². The molecule has 1 nitrogen and oxygen atoms in total. The molecule has 1 aliphatic carbocycles. The van der Waals surface area contributed by atoms with E-state index in [-0.39, 0.29) is 0 Å². The number of nitrogens with zero attached hydrogens (tertiary/aromatic N) is 1. The molecule has 0 unspecified atom stereocenters. The second-order valence-electron chi connectivity index (χ2n) is 15.8. The van der Waals surface area contributed by atoms with Gasteiger partial charge in [0.25, 0.3) is 0 Å². The SMILES string of the molecule is c1ccc(-c2cccc3cccc(-c4ccccc4N(c4ccccc4-c4cccc5cccc(C6CCCCC6)c45)c4cccc5c4sc4ccccc45)c23)cc1. The topological polar surface area (TPSA) is 3.24 Å². The summed E-state index contributed by atoms with van der Waals surface area (Å²) in [5.41, 5.74) is 12.5. The monoisotopic (exact) mass is 761 g/mol. The summed E-state index contributed by atoms with van der Waals surface area (Å²) in [7, 11) is 0. The van der Waals surface area contributed by atoms with Gasteiger partial charge in [-0.3, -0.25) is 0 Å². The number of thiophene rings is 1. The molecule has 58 heavy (non-hydrogen) atoms. The highest BCUT2D eigenvalue weighted by molar-refractivity contribution is 7.26. The van der Waals surface area contributed by atoms with Crippen LogP contribution in [0.5, 0.6) is 0 Å². The van der Waals surface area contributed by atoms with Gasteiger partial charge in [-0.1, -0.05) is 189 Å². The molecular weight excluding hydrogens is 719 g/mol. The first-order valence-electron chi connectivity index (χ1n) is 20.8. The maximum absolute atomic E-state index is 2.58. The molecule has 0 N–H and O–H groups in total. The van der Waals surface area contributed by atoms with Gasteiger partial charge < -0.3 is 4.90 Å². The van der Waals surface area contributed by atoms with Crippen LogP contribution in [0.25, 0.3) is 75.1 Å². The first kappa shape index (κ1) is 34.7. The number of rotatable bonds is 7. The molecule has 1 heterocycles. The van der Waals surface area contributed by atoms with Crippen LogP contribution in [0, 0.1) is 0 Å². The van der Waals surface area contributed by atoms with Crippen LogP contribution in [-0.2, 0) is 0 Å². The molecule has 0 saturated heterocycles. The van der Waals surface area contributed by atoms with E-state index in [0.29, 0.717) is 5.92 Å². The summed E-state index contributed by atoms with van der Waals surface area (Å²) in [5.74, 6) is 0.583. The van der Waals surface area contributed by atoms with E-state index in [2.05, 4.69) is 199 Å². The predicted octanol–water partition coefficient (Wildman–Crippen LogP) is 16.9. The Hall–Kier alpha value is -6.48. The lowest BCUT2D eigenvalue weighted by Crippen LogP contribution is -2.13. The zero-order chi connectivity index (χ0) is 38.4. The number of hydrogen-bond acceptors (Lipinski definition) is 2. The van der Waals surface area contributed by atoms with Gasteiger partial charge in [0.15, 0.2) is 0 Å². The molecule has 278 valence electrons. The van der Waals surface area contributed by atoms with Crippen molar-refractivity contribution in [2.24, 2.45) is 0 Å². The summed E-state index contributed by atoms with van der Waals surface area (Å²) in [6, 6.07) is 72.3. The summed E-state index contributed by atoms with van der Waals surface area (Å²) >= 11 is 1.89. The molecule has 0 radical (unpaired) electrons. The Balaban J connectivity index is 1.21. The van der Waals surface area contributed by atoms with E-state index in [1.807, 2.05) is 11.3 Å². The first-order chi connectivity index (χ1) is 28.8. The average Bonchev–Trinajstić information content (AvgIpc) is 3.69. The van der Waals surface area contributed by atoms with Crippen molar-refractivity contribution in [3.8, 4) is 33.4 Å². The fraction of sp³-hybridized carbons (Fsp3) is 0.107. The molecule has 11 rings (SSSR count). The van der Waals surface area contributed by atoms with Crippen molar-refractivity contribution in [2.45, 2.75) is 38.0 Å². The van der Waals surface area contributed by atoms with Crippen molar-refractivity contribution in [3.05, 3.63) is 200 Å². The maximum Gasteiger partial charge on any atom is 0.0640 e. The summed E-state index contributed by atoms with van der Waals surface area (Å²) in [4.78, 5) is 2.58. The van der Waals surface area contributed by atoms with Crippen LogP contribution in [0.15, 0.2) is 194 Å². The normalized spacial score (nSPS) is 13.4. The van der Waals surface area contributed by atoms with Gasteiger partial charge in [0, 0.05) is 26.6 Å². The highest BCUT2D eigenvalue weighted by Gasteiger charge is 2.26. The molecule has 1 fully saturated rings. The van der Waals surface area contributed by atoms with Crippen molar-refractivity contribution >= 4 is 70.1 Å². The van der Waals surface area contributed by atoms with Gasteiger partial charge >= 0.3 is 0 Å². The average molecular weight is 762 g/mol. The van der Waals surface area contributed by atoms with Crippen LogP contribution >= 0.6 is 11.3 Å². The summed E-state index contributed by atoms with van der Waals surface area (Å²) in [5, 5.41) is 7.82. The molecule has 0 spiro atoms. The lowest BCUT2D eigenvalue weighted by Gasteiger charge is -2.31. The van der Waals surface area contributed by atoms with E-state index in [4.69, 9.17) is 0 Å². The minimum atomic E-state index is 0.583. The molecule has 9 aromatic carbocycles. The molecule has 0 aliphatic heterocycles. The van der Waals surface area contributed by atoms with Gasteiger partial charge in [-0.2, -0.15) is 0 Å². The third-order valence-electron chi connectivity index (χ3n) is 12.5. The third-order valence-corrected chi connectivity index (χ3v) is 13.7. The van der Waals surface area contributed by atoms with Gasteiger partial charge in [0.2, 0.25) is 0 Å². The summed E-state index contributed by atoms with van der Waals surface area (Å²) in [6.07, 6.45) is 6.49. The zero-order valence-electron chi connectivity index (χ0n) is 32.4. The van der Waals surface area contributed by atoms with Crippen LogP contribution in [0.1, 0.15) is 43.6 Å². The molecule has 0 bridgehead atoms. The van der Waals surface area contributed by atoms with Crippen LogP contribution in [0.3, 0.4) is 0 Å². The minimum Gasteiger partial charge on any atom is -0.308 e. The molecular formula is C56H43NS.